The molecule has 0 N–H and O–H groups in total. The van der Waals surface area contributed by atoms with Crippen LogP contribution in [-0.4, -0.2) is 30.9 Å². The molecule has 0 aromatic rings. The molecular formula is C33H50O5. The van der Waals surface area contributed by atoms with Crippen molar-refractivity contribution in [1.82, 2.24) is 0 Å². The van der Waals surface area contributed by atoms with E-state index < -0.39 is 5.41 Å². The summed E-state index contributed by atoms with van der Waals surface area (Å²) in [7, 11) is 1.50. The zero-order valence-electron chi connectivity index (χ0n) is 25.3. The van der Waals surface area contributed by atoms with Gasteiger partial charge in [-0.05, 0) is 104 Å². The Bertz CT molecular complexity index is 1090. The minimum Gasteiger partial charge on any atom is -0.469 e. The molecule has 4 unspecified atom stereocenters. The summed E-state index contributed by atoms with van der Waals surface area (Å²) in [6.07, 6.45) is 10.6. The third-order valence-corrected chi connectivity index (χ3v) is 13.5. The highest BCUT2D eigenvalue weighted by Crippen LogP contribution is 2.75. The molecule has 0 bridgehead atoms. The van der Waals surface area contributed by atoms with Gasteiger partial charge < -0.3 is 9.47 Å². The van der Waals surface area contributed by atoms with Crippen molar-refractivity contribution in [3.63, 3.8) is 0 Å². The first-order valence-corrected chi connectivity index (χ1v) is 15.0. The lowest BCUT2D eigenvalue weighted by Gasteiger charge is -2.70. The number of rotatable bonds is 2. The highest BCUT2D eigenvalue weighted by molar-refractivity contribution is 5.95. The Hall–Kier alpha value is -1.65. The van der Waals surface area contributed by atoms with Crippen molar-refractivity contribution in [2.45, 2.75) is 119 Å². The van der Waals surface area contributed by atoms with Gasteiger partial charge in [-0.15, -0.1) is 0 Å². The molecule has 5 aliphatic rings. The minimum absolute atomic E-state index is 0.0417. The first-order valence-electron chi connectivity index (χ1n) is 15.0. The molecule has 0 aromatic carbocycles. The number of carbonyl (C=O) groups excluding carboxylic acids is 3. The SMILES string of the molecule is COC(=O)[C@@]1(C)CC[C@]2(C)CC[C@]3(C)C(=CC(=O)C4[C@@]5(C)CCC(OC(C)=O)C(C)(C)C5CC[C@]43C)C2C1. The summed E-state index contributed by atoms with van der Waals surface area (Å²) in [5.41, 5.74) is 0.416. The summed E-state index contributed by atoms with van der Waals surface area (Å²) in [5, 5.41) is 0. The van der Waals surface area contributed by atoms with Crippen LogP contribution in [0.2, 0.25) is 0 Å². The monoisotopic (exact) mass is 526 g/mol. The molecule has 212 valence electrons. The number of allylic oxidation sites excluding steroid dienone is 2. The van der Waals surface area contributed by atoms with Crippen molar-refractivity contribution >= 4 is 17.7 Å². The van der Waals surface area contributed by atoms with E-state index in [-0.39, 0.29) is 57.0 Å². The maximum absolute atomic E-state index is 14.4. The fourth-order valence-corrected chi connectivity index (χ4v) is 11.0. The van der Waals surface area contributed by atoms with Gasteiger partial charge in [0.25, 0.3) is 0 Å². The molecule has 0 radical (unpaired) electrons. The fourth-order valence-electron chi connectivity index (χ4n) is 11.0. The van der Waals surface area contributed by atoms with Gasteiger partial charge in [0, 0.05) is 18.3 Å². The van der Waals surface area contributed by atoms with Crippen molar-refractivity contribution in [2.24, 2.45) is 50.2 Å². The Labute approximate surface area is 229 Å². The van der Waals surface area contributed by atoms with E-state index in [0.717, 1.165) is 57.8 Å². The van der Waals surface area contributed by atoms with Gasteiger partial charge in [-0.1, -0.05) is 47.1 Å². The standard InChI is InChI=1S/C33H50O5/c1-20(34)38-25-11-12-31(6)24(28(25,2)3)10-13-33(8)26(31)23(35)18-21-22-19-30(5,27(36)37-9)15-14-29(22,4)16-17-32(21,33)7/h18,22,24-26H,10-17,19H2,1-9H3/t22?,24?,25?,26?,29-,30+,31+,32-,33-/m1/s1. The summed E-state index contributed by atoms with van der Waals surface area (Å²) in [6.45, 7) is 17.7. The lowest BCUT2D eigenvalue weighted by molar-refractivity contribution is -0.210. The maximum atomic E-state index is 14.4. The number of ketones is 1. The van der Waals surface area contributed by atoms with Crippen LogP contribution in [-0.2, 0) is 23.9 Å². The quantitative estimate of drug-likeness (QED) is 0.360. The van der Waals surface area contributed by atoms with Crippen molar-refractivity contribution in [3.05, 3.63) is 11.6 Å². The van der Waals surface area contributed by atoms with Gasteiger partial charge in [0.1, 0.15) is 6.10 Å². The summed E-state index contributed by atoms with van der Waals surface area (Å²) in [6, 6.07) is 0. The van der Waals surface area contributed by atoms with Crippen LogP contribution in [0.3, 0.4) is 0 Å². The number of carbonyl (C=O) groups is 3. The lowest BCUT2D eigenvalue weighted by atomic mass is 9.33. The smallest absolute Gasteiger partial charge is 0.311 e. The van der Waals surface area contributed by atoms with Gasteiger partial charge in [-0.2, -0.15) is 0 Å². The molecule has 0 spiro atoms. The highest BCUT2D eigenvalue weighted by Gasteiger charge is 2.70. The number of fused-ring (bicyclic) bond motifs is 7. The molecular weight excluding hydrogens is 476 g/mol. The van der Waals surface area contributed by atoms with E-state index in [4.69, 9.17) is 9.47 Å². The molecule has 9 atom stereocenters. The Morgan fingerprint density at radius 2 is 1.55 bits per heavy atom. The van der Waals surface area contributed by atoms with Crippen molar-refractivity contribution in [3.8, 4) is 0 Å². The van der Waals surface area contributed by atoms with Crippen LogP contribution >= 0.6 is 0 Å². The zero-order valence-corrected chi connectivity index (χ0v) is 25.3. The third kappa shape index (κ3) is 3.51. The summed E-state index contributed by atoms with van der Waals surface area (Å²) in [5.74, 6) is 0.474. The molecule has 0 amide bonds. The van der Waals surface area contributed by atoms with Gasteiger partial charge in [0.05, 0.1) is 12.5 Å². The van der Waals surface area contributed by atoms with E-state index in [2.05, 4.69) is 54.5 Å². The molecule has 0 aromatic heterocycles. The van der Waals surface area contributed by atoms with Crippen molar-refractivity contribution in [2.75, 3.05) is 7.11 Å². The first kappa shape index (κ1) is 27.9. The maximum Gasteiger partial charge on any atom is 0.311 e. The number of hydrogen-bond acceptors (Lipinski definition) is 5. The normalized spacial score (nSPS) is 49.4. The van der Waals surface area contributed by atoms with E-state index in [1.165, 1.54) is 19.6 Å². The van der Waals surface area contributed by atoms with Crippen molar-refractivity contribution in [1.29, 1.82) is 0 Å². The van der Waals surface area contributed by atoms with Crippen LogP contribution in [0.4, 0.5) is 0 Å². The largest absolute Gasteiger partial charge is 0.469 e. The molecule has 4 saturated carbocycles. The zero-order chi connectivity index (χ0) is 28.1. The second kappa shape index (κ2) is 8.43. The average molecular weight is 527 g/mol. The van der Waals surface area contributed by atoms with Crippen LogP contribution in [0.1, 0.15) is 113 Å². The summed E-state index contributed by atoms with van der Waals surface area (Å²) >= 11 is 0. The molecule has 4 fully saturated rings. The molecule has 5 aliphatic carbocycles. The molecule has 5 heteroatoms. The van der Waals surface area contributed by atoms with E-state index in [9.17, 15) is 14.4 Å². The fraction of sp³-hybridized carbons (Fsp3) is 0.848. The van der Waals surface area contributed by atoms with Crippen molar-refractivity contribution < 1.29 is 23.9 Å². The van der Waals surface area contributed by atoms with Crippen LogP contribution in [0.5, 0.6) is 0 Å². The van der Waals surface area contributed by atoms with Gasteiger partial charge in [-0.25, -0.2) is 0 Å². The van der Waals surface area contributed by atoms with Crippen LogP contribution < -0.4 is 0 Å². The Balaban J connectivity index is 1.57. The van der Waals surface area contributed by atoms with Crippen LogP contribution in [0.15, 0.2) is 11.6 Å². The second-order valence-corrected chi connectivity index (χ2v) is 15.7. The third-order valence-electron chi connectivity index (χ3n) is 13.5. The predicted molar refractivity (Wildman–Crippen MR) is 147 cm³/mol. The Kier molecular flexibility index (Phi) is 6.19. The minimum atomic E-state index is -0.498. The number of methoxy groups -OCH3 is 1. The predicted octanol–water partition coefficient (Wildman–Crippen LogP) is 7.07. The molecule has 5 nitrogen and oxygen atoms in total. The summed E-state index contributed by atoms with van der Waals surface area (Å²) < 4.78 is 11.1. The van der Waals surface area contributed by atoms with Crippen LogP contribution in [0.25, 0.3) is 0 Å². The van der Waals surface area contributed by atoms with Gasteiger partial charge in [-0.3, -0.25) is 14.4 Å². The highest BCUT2D eigenvalue weighted by atomic mass is 16.5. The second-order valence-electron chi connectivity index (χ2n) is 15.7. The first-order chi connectivity index (χ1) is 17.5. The van der Waals surface area contributed by atoms with Crippen LogP contribution in [0, 0.1) is 50.2 Å². The molecule has 5 rings (SSSR count). The molecule has 0 saturated heterocycles. The van der Waals surface area contributed by atoms with E-state index in [1.807, 2.05) is 0 Å². The van der Waals surface area contributed by atoms with Gasteiger partial charge in [0.15, 0.2) is 5.78 Å². The average Bonchev–Trinajstić information content (AvgIpc) is 2.82. The molecule has 0 heterocycles. The number of hydrogen-bond donors (Lipinski definition) is 0. The van der Waals surface area contributed by atoms with E-state index in [0.29, 0.717) is 11.7 Å². The lowest BCUT2D eigenvalue weighted by Crippen LogP contribution is -2.66. The Morgan fingerprint density at radius 1 is 0.895 bits per heavy atom. The molecule has 38 heavy (non-hydrogen) atoms. The number of ether oxygens (including phenoxy) is 2. The Morgan fingerprint density at radius 3 is 2.18 bits per heavy atom. The van der Waals surface area contributed by atoms with E-state index in [1.54, 1.807) is 0 Å². The van der Waals surface area contributed by atoms with E-state index >= 15 is 0 Å². The topological polar surface area (TPSA) is 69.7 Å². The van der Waals surface area contributed by atoms with Gasteiger partial charge >= 0.3 is 11.9 Å². The summed E-state index contributed by atoms with van der Waals surface area (Å²) in [4.78, 5) is 39.2. The number of esters is 2. The molecule has 0 aliphatic heterocycles. The van der Waals surface area contributed by atoms with Gasteiger partial charge in [0.2, 0.25) is 0 Å².